The van der Waals surface area contributed by atoms with Gasteiger partial charge in [-0.25, -0.2) is 0 Å². The predicted octanol–water partition coefficient (Wildman–Crippen LogP) is 9.46. The number of hydrogen-bond donors (Lipinski definition) is 2. The van der Waals surface area contributed by atoms with Crippen LogP contribution in [0.2, 0.25) is 36.3 Å². The zero-order valence-electron chi connectivity index (χ0n) is 43.6. The lowest BCUT2D eigenvalue weighted by molar-refractivity contribution is -0.292. The molecule has 8 fully saturated rings. The smallest absolute Gasteiger partial charge is 0.192 e. The van der Waals surface area contributed by atoms with Crippen molar-refractivity contribution in [3.63, 3.8) is 0 Å². The molecule has 0 aromatic rings. The van der Waals surface area contributed by atoms with E-state index in [4.69, 9.17) is 46.7 Å². The van der Waals surface area contributed by atoms with Crippen LogP contribution in [-0.4, -0.2) is 150 Å². The minimum absolute atomic E-state index is 0.0113. The number of ketones is 1. The number of aliphatic hydroxyl groups excluding tert-OH is 2. The van der Waals surface area contributed by atoms with E-state index in [9.17, 15) is 15.0 Å². The molecule has 0 radical (unpaired) electrons. The van der Waals surface area contributed by atoms with Gasteiger partial charge in [-0.2, -0.15) is 0 Å². The molecule has 6 bridgehead atoms. The molecule has 8 aliphatic heterocycles. The van der Waals surface area contributed by atoms with Gasteiger partial charge < -0.3 is 57.0 Å². The van der Waals surface area contributed by atoms with Gasteiger partial charge in [-0.05, 0) is 90.8 Å². The van der Waals surface area contributed by atoms with Crippen LogP contribution in [-0.2, 0) is 51.5 Å². The maximum atomic E-state index is 14.6. The standard InChI is InChI=1S/C52H89BrO13Si2/c1-30-22-35(16-15-21-54)59-40(32(30)3)27-41-38(44(57-10)42(61-41)26-37(66-68(13,14)51(7,8)9)29-58-67(11,12)50(4,5)6)25-34(56)24-36-17-18-39-45(60-36)49-48-47(62-39)46-43(63-48)28-52(64-46,65-49)20-19-33(55)23-31(2)53/h30,33,35-49,54-55H,2-3,15-29H2,1,4-14H3/t30?,33?,35?,36?,37?,38?,39?,40?,41-,42?,43?,44+,45-,46?,47-,48?,49-,52-/m0/s1. The second kappa shape index (κ2) is 21.8. The third kappa shape index (κ3) is 12.4. The molecule has 8 aliphatic rings. The summed E-state index contributed by atoms with van der Waals surface area (Å²) in [4.78, 5) is 14.6. The van der Waals surface area contributed by atoms with Gasteiger partial charge in [0.25, 0.3) is 0 Å². The van der Waals surface area contributed by atoms with E-state index in [1.165, 1.54) is 0 Å². The minimum Gasteiger partial charge on any atom is -0.414 e. The van der Waals surface area contributed by atoms with Gasteiger partial charge in [0.1, 0.15) is 36.3 Å². The van der Waals surface area contributed by atoms with Crippen LogP contribution in [0.15, 0.2) is 23.2 Å². The average molecular weight is 1060 g/mol. The minimum atomic E-state index is -2.24. The molecule has 16 heteroatoms. The third-order valence-electron chi connectivity index (χ3n) is 17.5. The van der Waals surface area contributed by atoms with Crippen molar-refractivity contribution in [3.05, 3.63) is 23.2 Å². The van der Waals surface area contributed by atoms with Crippen molar-refractivity contribution in [2.24, 2.45) is 11.8 Å². The maximum Gasteiger partial charge on any atom is 0.192 e. The normalized spacial score (nSPS) is 39.2. The van der Waals surface area contributed by atoms with Crippen molar-refractivity contribution in [2.75, 3.05) is 20.3 Å². The van der Waals surface area contributed by atoms with Gasteiger partial charge in [-0.3, -0.25) is 4.79 Å². The second-order valence-electron chi connectivity index (χ2n) is 24.7. The zero-order valence-corrected chi connectivity index (χ0v) is 47.2. The molecule has 0 amide bonds. The number of carbonyl (C=O) groups is 1. The number of hydrogen-bond acceptors (Lipinski definition) is 13. The lowest BCUT2D eigenvalue weighted by Gasteiger charge is -2.47. The molecule has 0 aromatic heterocycles. The molecule has 8 rings (SSSR count). The molecular weight excluding hydrogens is 969 g/mol. The van der Waals surface area contributed by atoms with Gasteiger partial charge in [0.2, 0.25) is 0 Å². The number of Topliss-reactive ketones (excluding diaryl/α,β-unsaturated/α-hetero) is 1. The lowest BCUT2D eigenvalue weighted by Crippen LogP contribution is -2.61. The fraction of sp³-hybridized carbons (Fsp3) is 0.904. The molecule has 0 spiro atoms. The highest BCUT2D eigenvalue weighted by molar-refractivity contribution is 9.11. The largest absolute Gasteiger partial charge is 0.414 e. The van der Waals surface area contributed by atoms with E-state index >= 15 is 0 Å². The van der Waals surface area contributed by atoms with Gasteiger partial charge in [-0.1, -0.05) is 77.6 Å². The highest BCUT2D eigenvalue weighted by atomic mass is 79.9. The first-order chi connectivity index (χ1) is 31.7. The summed E-state index contributed by atoms with van der Waals surface area (Å²) in [6, 6.07) is 0. The van der Waals surface area contributed by atoms with Crippen LogP contribution in [0.1, 0.15) is 132 Å². The van der Waals surface area contributed by atoms with Crippen LogP contribution in [0, 0.1) is 11.8 Å². The summed E-state index contributed by atoms with van der Waals surface area (Å²) >= 11 is 3.38. The molecule has 2 N–H and O–H groups in total. The number of fused-ring (bicyclic) bond motifs is 1. The van der Waals surface area contributed by atoms with Crippen molar-refractivity contribution < 1.29 is 61.8 Å². The molecular formula is C52H89BrO13Si2. The van der Waals surface area contributed by atoms with Gasteiger partial charge in [0.15, 0.2) is 22.4 Å². The predicted molar refractivity (Wildman–Crippen MR) is 270 cm³/mol. The molecule has 0 aliphatic carbocycles. The summed E-state index contributed by atoms with van der Waals surface area (Å²) in [5.74, 6) is -0.797. The molecule has 68 heavy (non-hydrogen) atoms. The van der Waals surface area contributed by atoms with Crippen LogP contribution < -0.4 is 0 Å². The Morgan fingerprint density at radius 2 is 1.56 bits per heavy atom. The number of methoxy groups -OCH3 is 1. The summed E-state index contributed by atoms with van der Waals surface area (Å²) in [5, 5.41) is 20.4. The Morgan fingerprint density at radius 3 is 2.22 bits per heavy atom. The van der Waals surface area contributed by atoms with E-state index < -0.39 is 40.7 Å². The lowest BCUT2D eigenvalue weighted by atomic mass is 9.81. The van der Waals surface area contributed by atoms with E-state index in [-0.39, 0.29) is 120 Å². The zero-order chi connectivity index (χ0) is 49.7. The van der Waals surface area contributed by atoms with Crippen LogP contribution in [0.5, 0.6) is 0 Å². The third-order valence-corrected chi connectivity index (χ3v) is 26.9. The molecule has 8 saturated heterocycles. The summed E-state index contributed by atoms with van der Waals surface area (Å²) in [6.45, 7) is 33.9. The fourth-order valence-electron chi connectivity index (χ4n) is 11.5. The molecule has 13 nitrogen and oxygen atoms in total. The van der Waals surface area contributed by atoms with Crippen molar-refractivity contribution in [2.45, 2.75) is 266 Å². The van der Waals surface area contributed by atoms with E-state index in [2.05, 4.69) is 104 Å². The van der Waals surface area contributed by atoms with Crippen molar-refractivity contribution in [3.8, 4) is 0 Å². The molecule has 0 aromatic carbocycles. The SMILES string of the molecule is C=C(Br)CC(O)CC[C@@]12CC3OC4[C@@H](OC5CCC(CC(=O)CC6[C@@H](OC)C(CC(CO[Si](C)(C)C(C)(C)C)O[Si](C)(C)C(C)(C)C)O[C@H]6CC6OC(CCCO)CC(C)C6=C)O[C@@H]5[C@@H]4O1)C3O2. The van der Waals surface area contributed by atoms with E-state index in [0.29, 0.717) is 58.0 Å². The Balaban J connectivity index is 1.08. The van der Waals surface area contributed by atoms with E-state index in [1.807, 2.05) is 0 Å². The number of ether oxygens (including phenoxy) is 8. The fourth-order valence-corrected chi connectivity index (χ4v) is 14.3. The van der Waals surface area contributed by atoms with Crippen molar-refractivity contribution in [1.82, 2.24) is 0 Å². The molecule has 12 unspecified atom stereocenters. The highest BCUT2D eigenvalue weighted by Gasteiger charge is 2.68. The van der Waals surface area contributed by atoms with Crippen LogP contribution in [0.4, 0.5) is 0 Å². The summed E-state index contributed by atoms with van der Waals surface area (Å²) in [5.41, 5.74) is 1.05. The second-order valence-corrected chi connectivity index (χ2v) is 35.4. The van der Waals surface area contributed by atoms with Gasteiger partial charge in [0, 0.05) is 64.6 Å². The van der Waals surface area contributed by atoms with Crippen LogP contribution in [0.3, 0.4) is 0 Å². The average Bonchev–Trinajstić information content (AvgIpc) is 3.80. The Bertz CT molecular complexity index is 1750. The van der Waals surface area contributed by atoms with E-state index in [0.717, 1.165) is 29.3 Å². The summed E-state index contributed by atoms with van der Waals surface area (Å²) in [6.07, 6.45) is 3.03. The molecule has 0 saturated carbocycles. The maximum absolute atomic E-state index is 14.6. The number of aliphatic hydroxyl groups is 2. The van der Waals surface area contributed by atoms with Gasteiger partial charge >= 0.3 is 0 Å². The quantitative estimate of drug-likeness (QED) is 0.0784. The summed E-state index contributed by atoms with van der Waals surface area (Å²) in [7, 11) is -2.63. The van der Waals surface area contributed by atoms with E-state index in [1.54, 1.807) is 7.11 Å². The Morgan fingerprint density at radius 1 is 0.882 bits per heavy atom. The molecule has 18 atom stereocenters. The molecule has 390 valence electrons. The Labute approximate surface area is 419 Å². The first-order valence-electron chi connectivity index (χ1n) is 26.0. The molecule has 8 heterocycles. The van der Waals surface area contributed by atoms with Gasteiger partial charge in [0.05, 0.1) is 67.6 Å². The first-order valence-corrected chi connectivity index (χ1v) is 32.6. The van der Waals surface area contributed by atoms with Crippen molar-refractivity contribution in [1.29, 1.82) is 0 Å². The van der Waals surface area contributed by atoms with Crippen LogP contribution in [0.25, 0.3) is 0 Å². The highest BCUT2D eigenvalue weighted by Crippen LogP contribution is 2.54. The topological polar surface area (TPSA) is 150 Å². The number of carbonyl (C=O) groups excluding carboxylic acids is 1. The van der Waals surface area contributed by atoms with Crippen molar-refractivity contribution >= 4 is 38.3 Å². The first kappa shape index (κ1) is 55.3. The number of rotatable bonds is 22. The van der Waals surface area contributed by atoms with Gasteiger partial charge in [-0.15, -0.1) is 0 Å². The Hall–Kier alpha value is -0.416. The number of halogens is 1. The monoisotopic (exact) mass is 1060 g/mol. The summed E-state index contributed by atoms with van der Waals surface area (Å²) < 4.78 is 69.0. The van der Waals surface area contributed by atoms with Crippen LogP contribution >= 0.6 is 15.9 Å². The Kier molecular flexibility index (Phi) is 17.8.